The van der Waals surface area contributed by atoms with Crippen LogP contribution in [0.1, 0.15) is 29.8 Å². The molecule has 0 fully saturated rings. The number of sulfone groups is 1. The number of fused-ring (bicyclic) bond motifs is 1. The van der Waals surface area contributed by atoms with Gasteiger partial charge in [-0.1, -0.05) is 6.07 Å². The lowest BCUT2D eigenvalue weighted by Gasteiger charge is -2.18. The van der Waals surface area contributed by atoms with Crippen molar-refractivity contribution in [2.45, 2.75) is 30.5 Å². The molecule has 0 aromatic heterocycles. The molecule has 0 aliphatic carbocycles. The van der Waals surface area contributed by atoms with Gasteiger partial charge in [0, 0.05) is 19.2 Å². The summed E-state index contributed by atoms with van der Waals surface area (Å²) in [6, 6.07) is 11.6. The van der Waals surface area contributed by atoms with Crippen LogP contribution in [-0.4, -0.2) is 38.3 Å². The summed E-state index contributed by atoms with van der Waals surface area (Å²) in [4.78, 5) is 14.4. The van der Waals surface area contributed by atoms with E-state index in [0.717, 1.165) is 5.56 Å². The Labute approximate surface area is 153 Å². The smallest absolute Gasteiger partial charge is 0.253 e. The fourth-order valence-corrected chi connectivity index (χ4v) is 3.72. The predicted molar refractivity (Wildman–Crippen MR) is 97.1 cm³/mol. The Hall–Kier alpha value is -2.54. The summed E-state index contributed by atoms with van der Waals surface area (Å²) in [6.45, 7) is 3.88. The molecule has 1 amide bonds. The van der Waals surface area contributed by atoms with Crippen molar-refractivity contribution in [3.05, 3.63) is 53.6 Å². The third kappa shape index (κ3) is 3.53. The lowest BCUT2D eigenvalue weighted by Crippen LogP contribution is -2.26. The molecule has 0 radical (unpaired) electrons. The topological polar surface area (TPSA) is 72.9 Å². The SMILES string of the molecule is CC(C)S(=O)(=O)c1ccc(C(=O)N(C)Cc2ccc3c(c2)OCO3)cc1. The third-order valence-electron chi connectivity index (χ3n) is 4.25. The fourth-order valence-electron chi connectivity index (χ4n) is 2.66. The summed E-state index contributed by atoms with van der Waals surface area (Å²) in [5.41, 5.74) is 1.36. The summed E-state index contributed by atoms with van der Waals surface area (Å²) in [5.74, 6) is 1.19. The third-order valence-corrected chi connectivity index (χ3v) is 6.42. The van der Waals surface area contributed by atoms with Crippen molar-refractivity contribution in [1.29, 1.82) is 0 Å². The normalized spacial score (nSPS) is 13.1. The van der Waals surface area contributed by atoms with Crippen LogP contribution in [0.5, 0.6) is 11.5 Å². The maximum absolute atomic E-state index is 12.6. The molecule has 0 saturated heterocycles. The second-order valence-electron chi connectivity index (χ2n) is 6.47. The van der Waals surface area contributed by atoms with Crippen molar-refractivity contribution >= 4 is 15.7 Å². The monoisotopic (exact) mass is 375 g/mol. The number of nitrogens with zero attached hydrogens (tertiary/aromatic N) is 1. The lowest BCUT2D eigenvalue weighted by atomic mass is 10.1. The zero-order valence-electron chi connectivity index (χ0n) is 14.9. The van der Waals surface area contributed by atoms with E-state index in [9.17, 15) is 13.2 Å². The minimum absolute atomic E-state index is 0.184. The molecule has 1 aliphatic rings. The molecule has 1 aliphatic heterocycles. The molecule has 0 bridgehead atoms. The van der Waals surface area contributed by atoms with Gasteiger partial charge in [-0.2, -0.15) is 0 Å². The Kier molecular flexibility index (Phi) is 4.91. The van der Waals surface area contributed by atoms with Gasteiger partial charge in [-0.15, -0.1) is 0 Å². The van der Waals surface area contributed by atoms with Gasteiger partial charge in [-0.05, 0) is 55.8 Å². The Morgan fingerprint density at radius 2 is 1.73 bits per heavy atom. The number of carbonyl (C=O) groups is 1. The number of carbonyl (C=O) groups excluding carboxylic acids is 1. The molecule has 0 unspecified atom stereocenters. The van der Waals surface area contributed by atoms with E-state index in [0.29, 0.717) is 23.6 Å². The average molecular weight is 375 g/mol. The van der Waals surface area contributed by atoms with E-state index in [1.165, 1.54) is 12.1 Å². The van der Waals surface area contributed by atoms with E-state index in [1.54, 1.807) is 37.9 Å². The van der Waals surface area contributed by atoms with Gasteiger partial charge >= 0.3 is 0 Å². The first-order valence-electron chi connectivity index (χ1n) is 8.27. The Morgan fingerprint density at radius 1 is 1.08 bits per heavy atom. The number of amides is 1. The summed E-state index contributed by atoms with van der Waals surface area (Å²) in [6.07, 6.45) is 0. The molecule has 3 rings (SSSR count). The van der Waals surface area contributed by atoms with Crippen LogP contribution in [-0.2, 0) is 16.4 Å². The standard InChI is InChI=1S/C19H21NO5S/c1-13(2)26(22,23)16-7-5-15(6-8-16)19(21)20(3)11-14-4-9-17-18(10-14)25-12-24-17/h4-10,13H,11-12H2,1-3H3. The summed E-state index contributed by atoms with van der Waals surface area (Å²) >= 11 is 0. The van der Waals surface area contributed by atoms with Crippen molar-refractivity contribution < 1.29 is 22.7 Å². The van der Waals surface area contributed by atoms with Gasteiger partial charge in [-0.25, -0.2) is 8.42 Å². The summed E-state index contributed by atoms with van der Waals surface area (Å²) in [7, 11) is -1.64. The number of hydrogen-bond acceptors (Lipinski definition) is 5. The van der Waals surface area contributed by atoms with Crippen molar-refractivity contribution in [2.24, 2.45) is 0 Å². The van der Waals surface area contributed by atoms with E-state index in [4.69, 9.17) is 9.47 Å². The Balaban J connectivity index is 1.72. The molecule has 138 valence electrons. The van der Waals surface area contributed by atoms with Crippen molar-refractivity contribution in [3.8, 4) is 11.5 Å². The lowest BCUT2D eigenvalue weighted by molar-refractivity contribution is 0.0785. The minimum atomic E-state index is -3.34. The predicted octanol–water partition coefficient (Wildman–Crippen LogP) is 2.87. The number of rotatable bonds is 5. The highest BCUT2D eigenvalue weighted by Gasteiger charge is 2.20. The summed E-state index contributed by atoms with van der Waals surface area (Å²) in [5, 5.41) is -0.502. The Bertz CT molecular complexity index is 919. The van der Waals surface area contributed by atoms with Gasteiger partial charge in [0.2, 0.25) is 6.79 Å². The first-order chi connectivity index (χ1) is 12.3. The molecule has 0 saturated carbocycles. The molecular weight excluding hydrogens is 354 g/mol. The molecule has 6 nitrogen and oxygen atoms in total. The highest BCUT2D eigenvalue weighted by molar-refractivity contribution is 7.92. The molecule has 2 aromatic rings. The average Bonchev–Trinajstić information content (AvgIpc) is 3.08. The zero-order chi connectivity index (χ0) is 18.9. The van der Waals surface area contributed by atoms with Crippen LogP contribution < -0.4 is 9.47 Å². The van der Waals surface area contributed by atoms with Crippen LogP contribution in [0.3, 0.4) is 0 Å². The zero-order valence-corrected chi connectivity index (χ0v) is 15.7. The van der Waals surface area contributed by atoms with Crippen LogP contribution in [0.25, 0.3) is 0 Å². The van der Waals surface area contributed by atoms with Crippen molar-refractivity contribution in [2.75, 3.05) is 13.8 Å². The second kappa shape index (κ2) is 6.99. The number of benzene rings is 2. The van der Waals surface area contributed by atoms with E-state index >= 15 is 0 Å². The van der Waals surface area contributed by atoms with Crippen LogP contribution in [0.15, 0.2) is 47.4 Å². The van der Waals surface area contributed by atoms with Gasteiger partial charge in [0.25, 0.3) is 5.91 Å². The van der Waals surface area contributed by atoms with E-state index in [1.807, 2.05) is 18.2 Å². The van der Waals surface area contributed by atoms with Crippen LogP contribution in [0.2, 0.25) is 0 Å². The fraction of sp³-hybridized carbons (Fsp3) is 0.316. The first kappa shape index (κ1) is 18.3. The summed E-state index contributed by atoms with van der Waals surface area (Å²) < 4.78 is 35.0. The van der Waals surface area contributed by atoms with E-state index in [-0.39, 0.29) is 17.6 Å². The van der Waals surface area contributed by atoms with Gasteiger partial charge in [0.15, 0.2) is 21.3 Å². The molecule has 0 N–H and O–H groups in total. The largest absolute Gasteiger partial charge is 0.454 e. The molecule has 1 heterocycles. The molecule has 0 spiro atoms. The second-order valence-corrected chi connectivity index (χ2v) is 8.97. The Morgan fingerprint density at radius 3 is 2.38 bits per heavy atom. The number of ether oxygens (including phenoxy) is 2. The van der Waals surface area contributed by atoms with E-state index in [2.05, 4.69) is 0 Å². The highest BCUT2D eigenvalue weighted by Crippen LogP contribution is 2.32. The molecule has 2 aromatic carbocycles. The molecule has 0 atom stereocenters. The van der Waals surface area contributed by atoms with Crippen molar-refractivity contribution in [3.63, 3.8) is 0 Å². The highest BCUT2D eigenvalue weighted by atomic mass is 32.2. The molecular formula is C19H21NO5S. The van der Waals surface area contributed by atoms with Crippen molar-refractivity contribution in [1.82, 2.24) is 4.90 Å². The van der Waals surface area contributed by atoms with Gasteiger partial charge in [0.1, 0.15) is 0 Å². The van der Waals surface area contributed by atoms with Crippen LogP contribution in [0.4, 0.5) is 0 Å². The van der Waals surface area contributed by atoms with Crippen LogP contribution >= 0.6 is 0 Å². The first-order valence-corrected chi connectivity index (χ1v) is 9.81. The maximum atomic E-state index is 12.6. The minimum Gasteiger partial charge on any atom is -0.454 e. The molecule has 26 heavy (non-hydrogen) atoms. The number of hydrogen-bond donors (Lipinski definition) is 0. The van der Waals surface area contributed by atoms with Gasteiger partial charge in [-0.3, -0.25) is 4.79 Å². The van der Waals surface area contributed by atoms with Gasteiger partial charge < -0.3 is 14.4 Å². The quantitative estimate of drug-likeness (QED) is 0.803. The van der Waals surface area contributed by atoms with E-state index < -0.39 is 15.1 Å². The van der Waals surface area contributed by atoms with Gasteiger partial charge in [0.05, 0.1) is 10.1 Å². The molecule has 7 heteroatoms. The van der Waals surface area contributed by atoms with Crippen LogP contribution in [0, 0.1) is 0 Å². The maximum Gasteiger partial charge on any atom is 0.253 e.